The van der Waals surface area contributed by atoms with Gasteiger partial charge in [0.1, 0.15) is 6.54 Å². The molecule has 1 aromatic heterocycles. The fraction of sp³-hybridized carbons (Fsp3) is 0.583. The first-order valence-corrected chi connectivity index (χ1v) is 8.01. The third-order valence-corrected chi connectivity index (χ3v) is 4.38. The van der Waals surface area contributed by atoms with Gasteiger partial charge in [-0.1, -0.05) is 20.8 Å². The molecular formula is C12H17N3O2S2. The third-order valence-electron chi connectivity index (χ3n) is 2.68. The van der Waals surface area contributed by atoms with Gasteiger partial charge in [-0.2, -0.15) is 0 Å². The summed E-state index contributed by atoms with van der Waals surface area (Å²) in [5.41, 5.74) is 0.932. The van der Waals surface area contributed by atoms with E-state index in [0.717, 1.165) is 5.69 Å². The molecule has 0 saturated carbocycles. The van der Waals surface area contributed by atoms with Crippen LogP contribution in [0.1, 0.15) is 26.5 Å². The highest BCUT2D eigenvalue weighted by atomic mass is 32.2. The van der Waals surface area contributed by atoms with Crippen LogP contribution in [0.15, 0.2) is 5.38 Å². The van der Waals surface area contributed by atoms with Gasteiger partial charge in [0.05, 0.1) is 17.3 Å². The summed E-state index contributed by atoms with van der Waals surface area (Å²) in [6.45, 7) is 6.34. The molecule has 1 saturated heterocycles. The summed E-state index contributed by atoms with van der Waals surface area (Å²) in [6, 6.07) is 0. The molecule has 2 rings (SSSR count). The highest BCUT2D eigenvalue weighted by molar-refractivity contribution is 8.00. The molecule has 0 unspecified atom stereocenters. The standard InChI is InChI=1S/C12H17N3O2S2/c1-12(2,3)8-5-19-11(13-8)14-9(16)4-15-7-18-6-10(15)17/h5H,4,6-7H2,1-3H3,(H,13,14,16). The minimum atomic E-state index is -0.189. The molecule has 104 valence electrons. The van der Waals surface area contributed by atoms with E-state index in [1.165, 1.54) is 23.1 Å². The molecule has 0 radical (unpaired) electrons. The lowest BCUT2D eigenvalue weighted by molar-refractivity contribution is -0.130. The number of carbonyl (C=O) groups is 2. The topological polar surface area (TPSA) is 62.3 Å². The Morgan fingerprint density at radius 1 is 1.53 bits per heavy atom. The van der Waals surface area contributed by atoms with E-state index in [1.54, 1.807) is 4.90 Å². The summed E-state index contributed by atoms with van der Waals surface area (Å²) in [7, 11) is 0. The average Bonchev–Trinajstić information content (AvgIpc) is 2.88. The van der Waals surface area contributed by atoms with Gasteiger partial charge in [0.15, 0.2) is 5.13 Å². The molecule has 0 atom stereocenters. The van der Waals surface area contributed by atoms with Gasteiger partial charge in [0, 0.05) is 10.8 Å². The number of nitrogens with zero attached hydrogens (tertiary/aromatic N) is 2. The molecule has 2 heterocycles. The number of carbonyl (C=O) groups excluding carboxylic acids is 2. The minimum Gasteiger partial charge on any atom is -0.323 e. The van der Waals surface area contributed by atoms with Crippen molar-refractivity contribution in [2.75, 3.05) is 23.5 Å². The van der Waals surface area contributed by atoms with Crippen molar-refractivity contribution < 1.29 is 9.59 Å². The van der Waals surface area contributed by atoms with E-state index in [9.17, 15) is 9.59 Å². The molecule has 1 aliphatic rings. The summed E-state index contributed by atoms with van der Waals surface area (Å²) in [5, 5.41) is 5.29. The maximum atomic E-state index is 11.8. The van der Waals surface area contributed by atoms with E-state index in [2.05, 4.69) is 31.1 Å². The lowest BCUT2D eigenvalue weighted by Crippen LogP contribution is -2.34. The number of rotatable bonds is 3. The number of thiazole rings is 1. The molecule has 1 aromatic rings. The Kier molecular flexibility index (Phi) is 4.15. The van der Waals surface area contributed by atoms with Gasteiger partial charge in [-0.3, -0.25) is 9.59 Å². The second-order valence-electron chi connectivity index (χ2n) is 5.41. The molecule has 0 bridgehead atoms. The molecule has 5 nitrogen and oxygen atoms in total. The first-order chi connectivity index (χ1) is 8.86. The summed E-state index contributed by atoms with van der Waals surface area (Å²) < 4.78 is 0. The predicted molar refractivity (Wildman–Crippen MR) is 78.5 cm³/mol. The van der Waals surface area contributed by atoms with E-state index in [1.807, 2.05) is 5.38 Å². The summed E-state index contributed by atoms with van der Waals surface area (Å²) >= 11 is 2.94. The van der Waals surface area contributed by atoms with Crippen LogP contribution < -0.4 is 5.32 Å². The van der Waals surface area contributed by atoms with Crippen LogP contribution in [0.3, 0.4) is 0 Å². The van der Waals surface area contributed by atoms with E-state index in [4.69, 9.17) is 0 Å². The van der Waals surface area contributed by atoms with Crippen LogP contribution in [0.2, 0.25) is 0 Å². The fourth-order valence-electron chi connectivity index (χ4n) is 1.55. The van der Waals surface area contributed by atoms with Gasteiger partial charge in [-0.05, 0) is 0 Å². The Morgan fingerprint density at radius 2 is 2.26 bits per heavy atom. The van der Waals surface area contributed by atoms with Crippen molar-refractivity contribution in [2.24, 2.45) is 0 Å². The second-order valence-corrected chi connectivity index (χ2v) is 7.22. The van der Waals surface area contributed by atoms with E-state index < -0.39 is 0 Å². The van der Waals surface area contributed by atoms with Crippen molar-refractivity contribution in [1.29, 1.82) is 0 Å². The molecule has 7 heteroatoms. The lowest BCUT2D eigenvalue weighted by Gasteiger charge is -2.14. The Balaban J connectivity index is 1.92. The first kappa shape index (κ1) is 14.3. The Labute approximate surface area is 120 Å². The van der Waals surface area contributed by atoms with Crippen molar-refractivity contribution in [3.05, 3.63) is 11.1 Å². The molecule has 1 fully saturated rings. The summed E-state index contributed by atoms with van der Waals surface area (Å²) in [4.78, 5) is 29.2. The molecule has 1 N–H and O–H groups in total. The fourth-order valence-corrected chi connectivity index (χ4v) is 3.41. The Bertz CT molecular complexity index is 493. The molecule has 2 amide bonds. The zero-order valence-corrected chi connectivity index (χ0v) is 12.9. The molecular weight excluding hydrogens is 282 g/mol. The number of amides is 2. The lowest BCUT2D eigenvalue weighted by atomic mass is 9.93. The Morgan fingerprint density at radius 3 is 2.79 bits per heavy atom. The number of nitrogens with one attached hydrogen (secondary N) is 1. The van der Waals surface area contributed by atoms with Crippen LogP contribution in [0.25, 0.3) is 0 Å². The number of anilines is 1. The van der Waals surface area contributed by atoms with E-state index >= 15 is 0 Å². The van der Waals surface area contributed by atoms with Gasteiger partial charge < -0.3 is 10.2 Å². The van der Waals surface area contributed by atoms with Gasteiger partial charge in [-0.25, -0.2) is 4.98 Å². The van der Waals surface area contributed by atoms with Gasteiger partial charge in [0.25, 0.3) is 0 Å². The number of hydrogen-bond acceptors (Lipinski definition) is 5. The highest BCUT2D eigenvalue weighted by Gasteiger charge is 2.23. The monoisotopic (exact) mass is 299 g/mol. The van der Waals surface area contributed by atoms with Crippen LogP contribution in [0, 0.1) is 0 Å². The third kappa shape index (κ3) is 3.70. The van der Waals surface area contributed by atoms with Crippen LogP contribution in [0.4, 0.5) is 5.13 Å². The van der Waals surface area contributed by atoms with Crippen molar-refractivity contribution >= 4 is 40.0 Å². The summed E-state index contributed by atoms with van der Waals surface area (Å²) in [6.07, 6.45) is 0. The van der Waals surface area contributed by atoms with Gasteiger partial charge >= 0.3 is 0 Å². The van der Waals surface area contributed by atoms with Crippen molar-refractivity contribution in [1.82, 2.24) is 9.88 Å². The van der Waals surface area contributed by atoms with Crippen LogP contribution >= 0.6 is 23.1 Å². The molecule has 19 heavy (non-hydrogen) atoms. The smallest absolute Gasteiger partial charge is 0.245 e. The number of aromatic nitrogens is 1. The molecule has 0 spiro atoms. The molecule has 1 aliphatic heterocycles. The van der Waals surface area contributed by atoms with Crippen LogP contribution in [0.5, 0.6) is 0 Å². The average molecular weight is 299 g/mol. The maximum absolute atomic E-state index is 11.8. The van der Waals surface area contributed by atoms with Crippen molar-refractivity contribution in [2.45, 2.75) is 26.2 Å². The van der Waals surface area contributed by atoms with E-state index in [0.29, 0.717) is 16.8 Å². The van der Waals surface area contributed by atoms with Crippen molar-refractivity contribution in [3.8, 4) is 0 Å². The minimum absolute atomic E-state index is 0.0228. The second kappa shape index (κ2) is 5.50. The van der Waals surface area contributed by atoms with Gasteiger partial charge in [0.2, 0.25) is 11.8 Å². The molecule has 0 aliphatic carbocycles. The zero-order valence-electron chi connectivity index (χ0n) is 11.2. The SMILES string of the molecule is CC(C)(C)c1csc(NC(=O)CN2CSCC2=O)n1. The summed E-state index contributed by atoms with van der Waals surface area (Å²) in [5.74, 6) is 0.899. The van der Waals surface area contributed by atoms with Crippen LogP contribution in [-0.4, -0.2) is 39.9 Å². The quantitative estimate of drug-likeness (QED) is 0.926. The van der Waals surface area contributed by atoms with Crippen LogP contribution in [-0.2, 0) is 15.0 Å². The number of thioether (sulfide) groups is 1. The van der Waals surface area contributed by atoms with Crippen molar-refractivity contribution in [3.63, 3.8) is 0 Å². The largest absolute Gasteiger partial charge is 0.323 e. The number of hydrogen-bond donors (Lipinski definition) is 1. The predicted octanol–water partition coefficient (Wildman–Crippen LogP) is 1.91. The Hall–Kier alpha value is -1.08. The maximum Gasteiger partial charge on any atom is 0.245 e. The van der Waals surface area contributed by atoms with E-state index in [-0.39, 0.29) is 23.8 Å². The zero-order chi connectivity index (χ0) is 14.0. The highest BCUT2D eigenvalue weighted by Crippen LogP contribution is 2.26. The molecule has 0 aromatic carbocycles. The first-order valence-electron chi connectivity index (χ1n) is 5.97. The van der Waals surface area contributed by atoms with Gasteiger partial charge in [-0.15, -0.1) is 23.1 Å². The normalized spacial score (nSPS) is 15.9.